The van der Waals surface area contributed by atoms with Crippen molar-refractivity contribution < 1.29 is 14.2 Å². The normalized spacial score (nSPS) is 19.0. The Morgan fingerprint density at radius 2 is 2.05 bits per heavy atom. The van der Waals surface area contributed by atoms with E-state index >= 15 is 0 Å². The van der Waals surface area contributed by atoms with Crippen LogP contribution in [0.2, 0.25) is 0 Å². The molecule has 1 fully saturated rings. The number of aryl methyl sites for hydroxylation is 1. The molecule has 0 bridgehead atoms. The highest BCUT2D eigenvalue weighted by Crippen LogP contribution is 2.19. The Labute approximate surface area is 121 Å². The van der Waals surface area contributed by atoms with Gasteiger partial charge in [-0.1, -0.05) is 6.07 Å². The first kappa shape index (κ1) is 15.3. The third-order valence-corrected chi connectivity index (χ3v) is 3.75. The molecule has 0 radical (unpaired) electrons. The monoisotopic (exact) mass is 279 g/mol. The summed E-state index contributed by atoms with van der Waals surface area (Å²) in [6.45, 7) is 8.37. The van der Waals surface area contributed by atoms with Gasteiger partial charge in [0, 0.05) is 12.6 Å². The third kappa shape index (κ3) is 3.95. The second-order valence-corrected chi connectivity index (χ2v) is 5.61. The molecule has 1 saturated heterocycles. The molecule has 1 atom stereocenters. The molecule has 4 nitrogen and oxygen atoms in total. The molecule has 1 N–H and O–H groups in total. The van der Waals surface area contributed by atoms with Crippen molar-refractivity contribution in [1.29, 1.82) is 0 Å². The second-order valence-electron chi connectivity index (χ2n) is 5.61. The Morgan fingerprint density at radius 3 is 2.65 bits per heavy atom. The van der Waals surface area contributed by atoms with Crippen molar-refractivity contribution in [3.05, 3.63) is 29.3 Å². The lowest BCUT2D eigenvalue weighted by Crippen LogP contribution is -2.43. The quantitative estimate of drug-likeness (QED) is 0.867. The minimum absolute atomic E-state index is 0.367. The molecule has 1 aromatic rings. The summed E-state index contributed by atoms with van der Waals surface area (Å²) < 4.78 is 16.4. The van der Waals surface area contributed by atoms with Gasteiger partial charge in [-0.2, -0.15) is 0 Å². The molecule has 20 heavy (non-hydrogen) atoms. The van der Waals surface area contributed by atoms with E-state index in [1.54, 1.807) is 7.11 Å². The first-order valence-corrected chi connectivity index (χ1v) is 7.17. The highest BCUT2D eigenvalue weighted by Gasteiger charge is 2.30. The van der Waals surface area contributed by atoms with E-state index in [0.717, 1.165) is 12.2 Å². The maximum atomic E-state index is 5.59. The zero-order valence-corrected chi connectivity index (χ0v) is 12.9. The van der Waals surface area contributed by atoms with E-state index in [1.165, 1.54) is 11.1 Å². The number of hydrogen-bond acceptors (Lipinski definition) is 4. The van der Waals surface area contributed by atoms with Crippen LogP contribution in [0, 0.1) is 6.92 Å². The fraction of sp³-hybridized carbons (Fsp3) is 0.625. The lowest BCUT2D eigenvalue weighted by Gasteiger charge is -2.25. The summed E-state index contributed by atoms with van der Waals surface area (Å²) in [4.78, 5) is 0. The molecule has 0 spiro atoms. The van der Waals surface area contributed by atoms with Gasteiger partial charge < -0.3 is 19.5 Å². The summed E-state index contributed by atoms with van der Waals surface area (Å²) in [6, 6.07) is 6.59. The number of benzene rings is 1. The Bertz CT molecular complexity index is 441. The summed E-state index contributed by atoms with van der Waals surface area (Å²) in [7, 11) is 1.70. The van der Waals surface area contributed by atoms with Gasteiger partial charge in [0.2, 0.25) is 0 Å². The first-order chi connectivity index (χ1) is 9.52. The van der Waals surface area contributed by atoms with Gasteiger partial charge in [-0.15, -0.1) is 0 Å². The van der Waals surface area contributed by atoms with Gasteiger partial charge in [-0.05, 0) is 50.5 Å². The van der Waals surface area contributed by atoms with Crippen LogP contribution in [0.5, 0.6) is 5.75 Å². The molecule has 1 aliphatic heterocycles. The second kappa shape index (κ2) is 6.57. The molecule has 1 unspecified atom stereocenters. The average Bonchev–Trinajstić information content (AvgIpc) is 2.86. The van der Waals surface area contributed by atoms with Crippen molar-refractivity contribution in [1.82, 2.24) is 5.32 Å². The Balaban J connectivity index is 1.86. The van der Waals surface area contributed by atoms with Crippen LogP contribution in [0.15, 0.2) is 18.2 Å². The smallest absolute Gasteiger partial charge is 0.178 e. The van der Waals surface area contributed by atoms with Gasteiger partial charge in [0.05, 0.1) is 20.3 Å². The van der Waals surface area contributed by atoms with Crippen LogP contribution in [-0.4, -0.2) is 38.7 Å². The Hall–Kier alpha value is -1.10. The molecule has 1 heterocycles. The van der Waals surface area contributed by atoms with Crippen LogP contribution in [0.4, 0.5) is 0 Å². The molecule has 2 rings (SSSR count). The summed E-state index contributed by atoms with van der Waals surface area (Å²) in [5.41, 5.74) is 2.60. The van der Waals surface area contributed by atoms with E-state index < -0.39 is 5.79 Å². The summed E-state index contributed by atoms with van der Waals surface area (Å²) in [6.07, 6.45) is 0.978. The molecule has 0 amide bonds. The Kier molecular flexibility index (Phi) is 5.02. The topological polar surface area (TPSA) is 39.7 Å². The van der Waals surface area contributed by atoms with E-state index in [4.69, 9.17) is 14.2 Å². The van der Waals surface area contributed by atoms with E-state index in [-0.39, 0.29) is 0 Å². The van der Waals surface area contributed by atoms with E-state index in [2.05, 4.69) is 31.3 Å². The van der Waals surface area contributed by atoms with Crippen molar-refractivity contribution in [2.45, 2.75) is 39.0 Å². The van der Waals surface area contributed by atoms with E-state index in [9.17, 15) is 0 Å². The summed E-state index contributed by atoms with van der Waals surface area (Å²) in [5.74, 6) is 0.440. The van der Waals surface area contributed by atoms with Gasteiger partial charge in [0.15, 0.2) is 5.79 Å². The number of nitrogens with one attached hydrogen (secondary N) is 1. The van der Waals surface area contributed by atoms with Crippen LogP contribution in [0.3, 0.4) is 0 Å². The van der Waals surface area contributed by atoms with Gasteiger partial charge in [-0.3, -0.25) is 0 Å². The predicted octanol–water partition coefficient (Wildman–Crippen LogP) is 2.29. The highest BCUT2D eigenvalue weighted by atomic mass is 16.7. The predicted molar refractivity (Wildman–Crippen MR) is 79.2 cm³/mol. The maximum Gasteiger partial charge on any atom is 0.178 e. The number of ether oxygens (including phenoxy) is 3. The molecule has 112 valence electrons. The van der Waals surface area contributed by atoms with Crippen molar-refractivity contribution >= 4 is 0 Å². The summed E-state index contributed by atoms with van der Waals surface area (Å²) >= 11 is 0. The molecule has 1 aromatic carbocycles. The Morgan fingerprint density at radius 1 is 1.35 bits per heavy atom. The first-order valence-electron chi connectivity index (χ1n) is 7.17. The van der Waals surface area contributed by atoms with Crippen LogP contribution in [-0.2, 0) is 15.9 Å². The average molecular weight is 279 g/mol. The lowest BCUT2D eigenvalue weighted by atomic mass is 10.0. The molecule has 0 aliphatic carbocycles. The van der Waals surface area contributed by atoms with Crippen molar-refractivity contribution in [2.75, 3.05) is 26.9 Å². The van der Waals surface area contributed by atoms with E-state index in [1.807, 2.05) is 13.0 Å². The zero-order chi connectivity index (χ0) is 14.6. The fourth-order valence-corrected chi connectivity index (χ4v) is 2.44. The van der Waals surface area contributed by atoms with Gasteiger partial charge >= 0.3 is 0 Å². The molecular weight excluding hydrogens is 254 g/mol. The van der Waals surface area contributed by atoms with Gasteiger partial charge in [0.25, 0.3) is 0 Å². The SMILES string of the molecule is COc1ccc(CC(C)NCC2(C)OCCO2)c(C)c1. The number of rotatable bonds is 6. The van der Waals surface area contributed by atoms with Crippen molar-refractivity contribution in [3.63, 3.8) is 0 Å². The van der Waals surface area contributed by atoms with Gasteiger partial charge in [0.1, 0.15) is 5.75 Å². The maximum absolute atomic E-state index is 5.59. The molecule has 4 heteroatoms. The fourth-order valence-electron chi connectivity index (χ4n) is 2.44. The van der Waals surface area contributed by atoms with Crippen molar-refractivity contribution in [2.24, 2.45) is 0 Å². The van der Waals surface area contributed by atoms with Gasteiger partial charge in [-0.25, -0.2) is 0 Å². The van der Waals surface area contributed by atoms with Crippen LogP contribution < -0.4 is 10.1 Å². The van der Waals surface area contributed by atoms with Crippen molar-refractivity contribution in [3.8, 4) is 5.75 Å². The molecule has 0 aromatic heterocycles. The van der Waals surface area contributed by atoms with Crippen LogP contribution in [0.1, 0.15) is 25.0 Å². The van der Waals surface area contributed by atoms with Crippen LogP contribution in [0.25, 0.3) is 0 Å². The minimum atomic E-state index is -0.469. The van der Waals surface area contributed by atoms with E-state index in [0.29, 0.717) is 25.8 Å². The largest absolute Gasteiger partial charge is 0.497 e. The molecular formula is C16H25NO3. The molecule has 1 aliphatic rings. The standard InChI is InChI=1S/C16H25NO3/c1-12-9-15(18-4)6-5-14(12)10-13(2)17-11-16(3)19-7-8-20-16/h5-6,9,13,17H,7-8,10-11H2,1-4H3. The zero-order valence-electron chi connectivity index (χ0n) is 12.9. The van der Waals surface area contributed by atoms with Crippen LogP contribution >= 0.6 is 0 Å². The third-order valence-electron chi connectivity index (χ3n) is 3.75. The highest BCUT2D eigenvalue weighted by molar-refractivity contribution is 5.35. The number of methoxy groups -OCH3 is 1. The minimum Gasteiger partial charge on any atom is -0.497 e. The molecule has 0 saturated carbocycles. The number of hydrogen-bond donors (Lipinski definition) is 1. The lowest BCUT2D eigenvalue weighted by molar-refractivity contribution is -0.139. The summed E-state index contributed by atoms with van der Waals surface area (Å²) in [5, 5.41) is 3.49.